The minimum Gasteiger partial charge on any atom is -0.379 e. The van der Waals surface area contributed by atoms with E-state index >= 15 is 0 Å². The number of carbonyl (C=O) groups is 2. The van der Waals surface area contributed by atoms with Crippen LogP contribution in [0.3, 0.4) is 0 Å². The van der Waals surface area contributed by atoms with Crippen LogP contribution in [0.15, 0.2) is 48.6 Å². The molecular formula is C34H41N3O4. The van der Waals surface area contributed by atoms with Crippen LogP contribution in [0.2, 0.25) is 0 Å². The number of anilines is 2. The van der Waals surface area contributed by atoms with Crippen molar-refractivity contribution in [1.29, 1.82) is 0 Å². The lowest BCUT2D eigenvalue weighted by Gasteiger charge is -2.55. The lowest BCUT2D eigenvalue weighted by molar-refractivity contribution is -0.383. The molecule has 2 aromatic rings. The second kappa shape index (κ2) is 10.1. The van der Waals surface area contributed by atoms with Gasteiger partial charge < -0.3 is 5.32 Å². The van der Waals surface area contributed by atoms with Crippen LogP contribution < -0.4 is 10.2 Å². The van der Waals surface area contributed by atoms with Gasteiger partial charge in [-0.25, -0.2) is 4.90 Å². The summed E-state index contributed by atoms with van der Waals surface area (Å²) in [5.41, 5.74) is 5.03. The maximum absolute atomic E-state index is 13.1. The minimum atomic E-state index is -0.415. The van der Waals surface area contributed by atoms with Crippen molar-refractivity contribution in [1.82, 2.24) is 0 Å². The highest BCUT2D eigenvalue weighted by atomic mass is 16.6. The van der Waals surface area contributed by atoms with E-state index in [-0.39, 0.29) is 45.9 Å². The Morgan fingerprint density at radius 1 is 1.02 bits per heavy atom. The van der Waals surface area contributed by atoms with Gasteiger partial charge in [0.25, 0.3) is 5.69 Å². The molecule has 3 aliphatic carbocycles. The van der Waals surface area contributed by atoms with Crippen molar-refractivity contribution in [2.75, 3.05) is 16.8 Å². The highest BCUT2D eigenvalue weighted by Gasteiger charge is 2.52. The predicted octanol–water partition coefficient (Wildman–Crippen LogP) is 7.30. The number of aryl methyl sites for hydroxylation is 1. The van der Waals surface area contributed by atoms with Crippen molar-refractivity contribution in [3.8, 4) is 0 Å². The summed E-state index contributed by atoms with van der Waals surface area (Å²) in [5.74, 6) is -0.289. The Morgan fingerprint density at radius 2 is 1.73 bits per heavy atom. The Kier molecular flexibility index (Phi) is 6.82. The van der Waals surface area contributed by atoms with Gasteiger partial charge in [-0.1, -0.05) is 64.5 Å². The zero-order chi connectivity index (χ0) is 29.1. The lowest BCUT2D eigenvalue weighted by atomic mass is 9.49. The number of fused-ring (bicyclic) bond motifs is 4. The highest BCUT2D eigenvalue weighted by molar-refractivity contribution is 6.22. The van der Waals surface area contributed by atoms with Crippen molar-refractivity contribution in [2.45, 2.75) is 84.0 Å². The van der Waals surface area contributed by atoms with Crippen molar-refractivity contribution < 1.29 is 14.5 Å². The smallest absolute Gasteiger partial charge is 0.294 e. The first-order chi connectivity index (χ1) is 19.5. The topological polar surface area (TPSA) is 92.6 Å². The highest BCUT2D eigenvalue weighted by Crippen LogP contribution is 2.57. The molecule has 1 saturated carbocycles. The van der Waals surface area contributed by atoms with Gasteiger partial charge in [-0.05, 0) is 90.0 Å². The fourth-order valence-electron chi connectivity index (χ4n) is 8.53. The fraction of sp³-hybridized carbons (Fsp3) is 0.529. The third kappa shape index (κ3) is 4.48. The average molecular weight is 556 g/mol. The molecule has 41 heavy (non-hydrogen) atoms. The number of hydrogen-bond donors (Lipinski definition) is 1. The van der Waals surface area contributed by atoms with E-state index < -0.39 is 4.92 Å². The molecular weight excluding hydrogens is 514 g/mol. The quantitative estimate of drug-likeness (QED) is 0.175. The molecule has 4 aliphatic rings. The number of amides is 2. The number of allylic oxidation sites excluding steroid dienone is 2. The Bertz CT molecular complexity index is 1420. The molecule has 0 aromatic heterocycles. The van der Waals surface area contributed by atoms with E-state index in [0.29, 0.717) is 36.9 Å². The van der Waals surface area contributed by atoms with Crippen LogP contribution in [-0.2, 0) is 21.4 Å². The van der Waals surface area contributed by atoms with Crippen LogP contribution in [0, 0.1) is 33.3 Å². The summed E-state index contributed by atoms with van der Waals surface area (Å²) in [7, 11) is 0. The van der Waals surface area contributed by atoms with Gasteiger partial charge >= 0.3 is 0 Å². The average Bonchev–Trinajstić information content (AvgIpc) is 3.21. The van der Waals surface area contributed by atoms with Crippen LogP contribution in [0.1, 0.15) is 88.8 Å². The molecule has 0 unspecified atom stereocenters. The molecule has 1 aliphatic heterocycles. The predicted molar refractivity (Wildman–Crippen MR) is 161 cm³/mol. The third-order valence-electron chi connectivity index (χ3n) is 10.8. The summed E-state index contributed by atoms with van der Waals surface area (Å²) in [6.07, 6.45) is 10.5. The molecule has 1 heterocycles. The molecule has 0 spiro atoms. The summed E-state index contributed by atoms with van der Waals surface area (Å²) >= 11 is 0. The van der Waals surface area contributed by atoms with Gasteiger partial charge in [-0.15, -0.1) is 0 Å². The van der Waals surface area contributed by atoms with Gasteiger partial charge in [0, 0.05) is 12.6 Å². The molecule has 1 N–H and O–H groups in total. The number of hydrogen-bond acceptors (Lipinski definition) is 5. The normalized spacial score (nSPS) is 30.7. The second-order valence-electron chi connectivity index (χ2n) is 13.6. The number of rotatable bonds is 6. The third-order valence-corrected chi connectivity index (χ3v) is 10.8. The first kappa shape index (κ1) is 27.7. The van der Waals surface area contributed by atoms with Crippen molar-refractivity contribution >= 4 is 28.9 Å². The van der Waals surface area contributed by atoms with Gasteiger partial charge in [0.05, 0.1) is 22.4 Å². The maximum atomic E-state index is 13.1. The van der Waals surface area contributed by atoms with Crippen LogP contribution in [0.25, 0.3) is 0 Å². The van der Waals surface area contributed by atoms with Crippen LogP contribution in [0.5, 0.6) is 0 Å². The molecule has 6 rings (SSSR count). The SMILES string of the molecule is CC(C)c1ccc2c(c1)CC[C@@H]1[C@](C)(CNc3ccc(N4C(=O)[C@@H]5CC=CC[C@H]5C4=O)cc3[N+](=O)[O-])CCC[C@]21C. The lowest BCUT2D eigenvalue weighted by Crippen LogP contribution is -2.51. The molecule has 1 saturated heterocycles. The second-order valence-corrected chi connectivity index (χ2v) is 13.6. The molecule has 0 bridgehead atoms. The van der Waals surface area contributed by atoms with Crippen LogP contribution >= 0.6 is 0 Å². The van der Waals surface area contributed by atoms with E-state index in [1.165, 1.54) is 22.8 Å². The number of nitrogens with zero attached hydrogens (tertiary/aromatic N) is 2. The van der Waals surface area contributed by atoms with E-state index in [1.54, 1.807) is 12.1 Å². The standard InChI is InChI=1S/C34H41N3O4/c1-21(2)22-10-13-27-23(18-22)11-15-30-33(3,16-7-17-34(27,30)4)20-35-28-14-12-24(19-29(28)37(40)41)36-31(38)25-8-5-6-9-26(25)32(36)39/h5-6,10,12-14,18-19,21,25-26,30,35H,7-9,11,15-17,20H2,1-4H3/t25-,26-,30-,33+,34-/m1/s1. The number of nitro benzene ring substituents is 1. The summed E-state index contributed by atoms with van der Waals surface area (Å²) in [6.45, 7) is 9.89. The van der Waals surface area contributed by atoms with E-state index in [0.717, 1.165) is 37.0 Å². The van der Waals surface area contributed by atoms with E-state index in [9.17, 15) is 19.7 Å². The zero-order valence-corrected chi connectivity index (χ0v) is 24.6. The summed E-state index contributed by atoms with van der Waals surface area (Å²) in [6, 6.07) is 11.8. The number of nitro groups is 1. The number of benzene rings is 2. The van der Waals surface area contributed by atoms with Crippen molar-refractivity contribution in [2.24, 2.45) is 23.2 Å². The summed E-state index contributed by atoms with van der Waals surface area (Å²) in [4.78, 5) is 39.1. The number of imide groups is 1. The Labute approximate surface area is 242 Å². The maximum Gasteiger partial charge on any atom is 0.294 e. The molecule has 2 fully saturated rings. The fourth-order valence-corrected chi connectivity index (χ4v) is 8.53. The first-order valence-electron chi connectivity index (χ1n) is 15.2. The van der Waals surface area contributed by atoms with Gasteiger partial charge in [0.15, 0.2) is 0 Å². The van der Waals surface area contributed by atoms with E-state index in [2.05, 4.69) is 51.2 Å². The van der Waals surface area contributed by atoms with Gasteiger partial charge in [-0.2, -0.15) is 0 Å². The molecule has 5 atom stereocenters. The Morgan fingerprint density at radius 3 is 2.39 bits per heavy atom. The molecule has 7 heteroatoms. The first-order valence-corrected chi connectivity index (χ1v) is 15.2. The largest absolute Gasteiger partial charge is 0.379 e. The van der Waals surface area contributed by atoms with Crippen LogP contribution in [0.4, 0.5) is 17.1 Å². The Hall–Kier alpha value is -3.48. The van der Waals surface area contributed by atoms with E-state index in [1.807, 2.05) is 12.2 Å². The summed E-state index contributed by atoms with van der Waals surface area (Å²) in [5, 5.41) is 15.6. The minimum absolute atomic E-state index is 0.0302. The van der Waals surface area contributed by atoms with Gasteiger partial charge in [0.1, 0.15) is 5.69 Å². The number of nitrogens with one attached hydrogen (secondary N) is 1. The van der Waals surface area contributed by atoms with Gasteiger partial charge in [-0.3, -0.25) is 19.7 Å². The van der Waals surface area contributed by atoms with Crippen LogP contribution in [-0.4, -0.2) is 23.3 Å². The summed E-state index contributed by atoms with van der Waals surface area (Å²) < 4.78 is 0. The van der Waals surface area contributed by atoms with E-state index in [4.69, 9.17) is 0 Å². The molecule has 2 aromatic carbocycles. The van der Waals surface area contributed by atoms with Gasteiger partial charge in [0.2, 0.25) is 11.8 Å². The molecule has 7 nitrogen and oxygen atoms in total. The monoisotopic (exact) mass is 555 g/mol. The zero-order valence-electron chi connectivity index (χ0n) is 24.6. The van der Waals surface area contributed by atoms with Crippen molar-refractivity contribution in [3.05, 3.63) is 75.4 Å². The molecule has 2 amide bonds. The Balaban J connectivity index is 1.24. The molecule has 216 valence electrons. The number of carbonyl (C=O) groups excluding carboxylic acids is 2. The molecule has 0 radical (unpaired) electrons. The van der Waals surface area contributed by atoms with Crippen molar-refractivity contribution in [3.63, 3.8) is 0 Å².